The molecule has 0 radical (unpaired) electrons. The average molecular weight is 628 g/mol. The Labute approximate surface area is 258 Å². The van der Waals surface area contributed by atoms with Crippen LogP contribution in [0.5, 0.6) is 11.5 Å². The summed E-state index contributed by atoms with van der Waals surface area (Å²) in [5.41, 5.74) is 1.85. The number of amides is 2. The van der Waals surface area contributed by atoms with E-state index in [0.29, 0.717) is 16.5 Å². The molecule has 0 heterocycles. The van der Waals surface area contributed by atoms with Crippen molar-refractivity contribution in [1.29, 1.82) is 0 Å². The molecular formula is C32H38ClN3O6S. The fourth-order valence-corrected chi connectivity index (χ4v) is 6.64. The largest absolute Gasteiger partial charge is 0.493 e. The molecule has 3 aromatic carbocycles. The molecule has 0 bridgehead atoms. The molecule has 0 saturated heterocycles. The SMILES string of the molecule is COc1ccc(N(CC(=O)N(Cc2ccc(Cl)cc2)[C@@H](C)C(=O)NC2CCCC2)S(=O)(=O)c2ccc(C)cc2)cc1OC. The summed E-state index contributed by atoms with van der Waals surface area (Å²) in [5, 5.41) is 3.61. The number of ether oxygens (including phenoxy) is 2. The van der Waals surface area contributed by atoms with Gasteiger partial charge in [-0.2, -0.15) is 0 Å². The fourth-order valence-electron chi connectivity index (χ4n) is 5.11. The summed E-state index contributed by atoms with van der Waals surface area (Å²) >= 11 is 6.08. The maximum atomic E-state index is 14.1. The molecule has 3 aromatic rings. The van der Waals surface area contributed by atoms with Gasteiger partial charge in [0.25, 0.3) is 10.0 Å². The Hall–Kier alpha value is -3.76. The summed E-state index contributed by atoms with van der Waals surface area (Å²) in [7, 11) is -1.29. The maximum Gasteiger partial charge on any atom is 0.264 e. The van der Waals surface area contributed by atoms with Crippen molar-refractivity contribution in [3.63, 3.8) is 0 Å². The molecule has 9 nitrogen and oxygen atoms in total. The minimum Gasteiger partial charge on any atom is -0.493 e. The van der Waals surface area contributed by atoms with Crippen LogP contribution >= 0.6 is 11.6 Å². The van der Waals surface area contributed by atoms with E-state index in [-0.39, 0.29) is 29.1 Å². The second-order valence-corrected chi connectivity index (χ2v) is 13.0. The van der Waals surface area contributed by atoms with Crippen LogP contribution in [-0.2, 0) is 26.2 Å². The van der Waals surface area contributed by atoms with Gasteiger partial charge in [0.15, 0.2) is 11.5 Å². The van der Waals surface area contributed by atoms with Gasteiger partial charge in [-0.05, 0) is 68.7 Å². The quantitative estimate of drug-likeness (QED) is 0.291. The van der Waals surface area contributed by atoms with E-state index in [1.807, 2.05) is 6.92 Å². The van der Waals surface area contributed by atoms with Crippen LogP contribution in [0.1, 0.15) is 43.7 Å². The molecule has 4 rings (SSSR count). The summed E-state index contributed by atoms with van der Waals surface area (Å²) in [6.45, 7) is 3.05. The third-order valence-corrected chi connectivity index (χ3v) is 9.72. The minimum atomic E-state index is -4.22. The van der Waals surface area contributed by atoms with Gasteiger partial charge in [0.1, 0.15) is 12.6 Å². The Morgan fingerprint density at radius 2 is 1.58 bits per heavy atom. The summed E-state index contributed by atoms with van der Waals surface area (Å²) in [6, 6.07) is 17.2. The van der Waals surface area contributed by atoms with Crippen molar-refractivity contribution in [2.45, 2.75) is 63.1 Å². The number of methoxy groups -OCH3 is 2. The van der Waals surface area contributed by atoms with Gasteiger partial charge >= 0.3 is 0 Å². The molecule has 2 amide bonds. The Bertz CT molecular complexity index is 1520. The summed E-state index contributed by atoms with van der Waals surface area (Å²) in [5.74, 6) is -0.117. The van der Waals surface area contributed by atoms with Crippen LogP contribution in [-0.4, -0.2) is 58.0 Å². The number of aryl methyl sites for hydroxylation is 1. The van der Waals surface area contributed by atoms with Crippen molar-refractivity contribution in [2.75, 3.05) is 25.1 Å². The van der Waals surface area contributed by atoms with E-state index >= 15 is 0 Å². The lowest BCUT2D eigenvalue weighted by Crippen LogP contribution is -2.52. The average Bonchev–Trinajstić information content (AvgIpc) is 3.52. The van der Waals surface area contributed by atoms with Crippen LogP contribution in [0.3, 0.4) is 0 Å². The van der Waals surface area contributed by atoms with E-state index in [1.54, 1.807) is 55.5 Å². The first-order valence-corrected chi connectivity index (χ1v) is 16.0. The molecule has 1 saturated carbocycles. The fraction of sp³-hybridized carbons (Fsp3) is 0.375. The van der Waals surface area contributed by atoms with Crippen LogP contribution in [0.2, 0.25) is 5.02 Å². The zero-order chi connectivity index (χ0) is 31.1. The number of nitrogens with one attached hydrogen (secondary N) is 1. The number of carbonyl (C=O) groups excluding carboxylic acids is 2. The van der Waals surface area contributed by atoms with Gasteiger partial charge in [-0.25, -0.2) is 8.42 Å². The van der Waals surface area contributed by atoms with Crippen LogP contribution in [0.4, 0.5) is 5.69 Å². The summed E-state index contributed by atoms with van der Waals surface area (Å²) in [6.07, 6.45) is 3.88. The Morgan fingerprint density at radius 1 is 0.953 bits per heavy atom. The number of sulfonamides is 1. The van der Waals surface area contributed by atoms with Crippen LogP contribution in [0.25, 0.3) is 0 Å². The molecule has 1 atom stereocenters. The van der Waals surface area contributed by atoms with Gasteiger partial charge in [-0.1, -0.05) is 54.3 Å². The molecule has 0 aliphatic heterocycles. The number of carbonyl (C=O) groups is 2. The first kappa shape index (κ1) is 32.2. The highest BCUT2D eigenvalue weighted by Crippen LogP contribution is 2.34. The standard InChI is InChI=1S/C32H38ClN3O6S/c1-22-9-16-28(17-10-22)43(39,40)36(27-15-18-29(41-3)30(19-27)42-4)21-31(37)35(20-24-11-13-25(33)14-12-24)23(2)32(38)34-26-7-5-6-8-26/h9-19,23,26H,5-8,20-21H2,1-4H3,(H,34,38)/t23-/m0/s1. The van der Waals surface area contributed by atoms with Crippen molar-refractivity contribution < 1.29 is 27.5 Å². The topological polar surface area (TPSA) is 105 Å². The van der Waals surface area contributed by atoms with Crippen molar-refractivity contribution in [1.82, 2.24) is 10.2 Å². The van der Waals surface area contributed by atoms with E-state index in [1.165, 1.54) is 37.3 Å². The number of anilines is 1. The zero-order valence-electron chi connectivity index (χ0n) is 24.9. The van der Waals surface area contributed by atoms with Gasteiger partial charge in [-0.15, -0.1) is 0 Å². The lowest BCUT2D eigenvalue weighted by molar-refractivity contribution is -0.139. The monoisotopic (exact) mass is 627 g/mol. The highest BCUT2D eigenvalue weighted by molar-refractivity contribution is 7.92. The number of halogens is 1. The van der Waals surface area contributed by atoms with Gasteiger partial charge in [-0.3, -0.25) is 13.9 Å². The number of rotatable bonds is 12. The molecule has 0 spiro atoms. The van der Waals surface area contributed by atoms with Crippen molar-refractivity contribution in [2.24, 2.45) is 0 Å². The van der Waals surface area contributed by atoms with Gasteiger partial charge in [0.05, 0.1) is 24.8 Å². The van der Waals surface area contributed by atoms with E-state index < -0.39 is 28.5 Å². The Kier molecular flexibility index (Phi) is 10.6. The number of nitrogens with zero attached hydrogens (tertiary/aromatic N) is 2. The predicted octanol–water partition coefficient (Wildman–Crippen LogP) is 5.34. The molecule has 1 fully saturated rings. The predicted molar refractivity (Wildman–Crippen MR) is 167 cm³/mol. The molecule has 230 valence electrons. The third kappa shape index (κ3) is 7.80. The van der Waals surface area contributed by atoms with Crippen LogP contribution in [0.15, 0.2) is 71.6 Å². The van der Waals surface area contributed by atoms with E-state index in [4.69, 9.17) is 21.1 Å². The zero-order valence-corrected chi connectivity index (χ0v) is 26.5. The van der Waals surface area contributed by atoms with Crippen molar-refractivity contribution >= 4 is 39.1 Å². The van der Waals surface area contributed by atoms with Crippen LogP contribution < -0.4 is 19.1 Å². The second-order valence-electron chi connectivity index (χ2n) is 10.7. The second kappa shape index (κ2) is 14.1. The van der Waals surface area contributed by atoms with Gasteiger partial charge in [0, 0.05) is 23.7 Å². The molecular weight excluding hydrogens is 590 g/mol. The van der Waals surface area contributed by atoms with Crippen LogP contribution in [0, 0.1) is 6.92 Å². The molecule has 43 heavy (non-hydrogen) atoms. The Balaban J connectivity index is 1.72. The van der Waals surface area contributed by atoms with E-state index in [0.717, 1.165) is 41.1 Å². The third-order valence-electron chi connectivity index (χ3n) is 7.68. The molecule has 1 N–H and O–H groups in total. The first-order valence-electron chi connectivity index (χ1n) is 14.2. The minimum absolute atomic E-state index is 0.0250. The number of hydrogen-bond donors (Lipinski definition) is 1. The molecule has 1 aliphatic rings. The highest BCUT2D eigenvalue weighted by Gasteiger charge is 2.33. The smallest absolute Gasteiger partial charge is 0.264 e. The molecule has 1 aliphatic carbocycles. The lowest BCUT2D eigenvalue weighted by Gasteiger charge is -2.32. The lowest BCUT2D eigenvalue weighted by atomic mass is 10.1. The van der Waals surface area contributed by atoms with Gasteiger partial charge < -0.3 is 19.7 Å². The first-order chi connectivity index (χ1) is 20.5. The van der Waals surface area contributed by atoms with Crippen molar-refractivity contribution in [3.05, 3.63) is 82.9 Å². The molecule has 11 heteroatoms. The van der Waals surface area contributed by atoms with Gasteiger partial charge in [0.2, 0.25) is 11.8 Å². The van der Waals surface area contributed by atoms with E-state index in [9.17, 15) is 18.0 Å². The van der Waals surface area contributed by atoms with E-state index in [2.05, 4.69) is 5.32 Å². The molecule has 0 aromatic heterocycles. The maximum absolute atomic E-state index is 14.1. The highest BCUT2D eigenvalue weighted by atomic mass is 35.5. The molecule has 0 unspecified atom stereocenters. The summed E-state index contributed by atoms with van der Waals surface area (Å²) < 4.78 is 40.0. The summed E-state index contributed by atoms with van der Waals surface area (Å²) in [4.78, 5) is 28.9. The normalized spacial score (nSPS) is 14.2. The number of benzene rings is 3. The number of hydrogen-bond acceptors (Lipinski definition) is 6. The Morgan fingerprint density at radius 3 is 2.19 bits per heavy atom. The van der Waals surface area contributed by atoms with Crippen molar-refractivity contribution in [3.8, 4) is 11.5 Å².